The molecule has 6 heteroatoms. The Bertz CT molecular complexity index is 459. The van der Waals surface area contributed by atoms with E-state index >= 15 is 0 Å². The Morgan fingerprint density at radius 1 is 1.39 bits per heavy atom. The molecule has 18 heavy (non-hydrogen) atoms. The lowest BCUT2D eigenvalue weighted by molar-refractivity contribution is -0.119. The van der Waals surface area contributed by atoms with E-state index in [1.54, 1.807) is 25.2 Å². The summed E-state index contributed by atoms with van der Waals surface area (Å²) in [5, 5.41) is 2.55. The first-order chi connectivity index (χ1) is 8.49. The molecule has 5 N–H and O–H groups in total. The Hall–Kier alpha value is -2.24. The van der Waals surface area contributed by atoms with Crippen molar-refractivity contribution in [1.82, 2.24) is 5.32 Å². The van der Waals surface area contributed by atoms with Crippen LogP contribution in [0.25, 0.3) is 0 Å². The molecule has 6 nitrogen and oxygen atoms in total. The van der Waals surface area contributed by atoms with E-state index in [1.165, 1.54) is 0 Å². The molecule has 1 rings (SSSR count). The van der Waals surface area contributed by atoms with E-state index in [2.05, 4.69) is 5.32 Å². The average molecular weight is 250 g/mol. The number of carbonyl (C=O) groups excluding carboxylic acids is 2. The third-order valence-corrected chi connectivity index (χ3v) is 2.66. The lowest BCUT2D eigenvalue weighted by atomic mass is 10.1. The lowest BCUT2D eigenvalue weighted by Crippen LogP contribution is -2.35. The second-order valence-corrected chi connectivity index (χ2v) is 3.82. The van der Waals surface area contributed by atoms with Gasteiger partial charge in [0.2, 0.25) is 5.91 Å². The van der Waals surface area contributed by atoms with Gasteiger partial charge < -0.3 is 21.7 Å². The first kappa shape index (κ1) is 13.8. The standard InChI is InChI=1S/C12H18N4O2/c1-3-16(7-11(17)15-2)8-4-5-10(13)9(6-8)12(14)18/h4-6H,3,7,13H2,1-2H3,(H2,14,18)(H,15,17). The molecule has 0 saturated carbocycles. The molecule has 98 valence electrons. The highest BCUT2D eigenvalue weighted by atomic mass is 16.2. The zero-order valence-electron chi connectivity index (χ0n) is 10.6. The minimum atomic E-state index is -0.578. The number of nitrogen functional groups attached to an aromatic ring is 1. The van der Waals surface area contributed by atoms with Gasteiger partial charge in [0, 0.05) is 25.0 Å². The molecule has 0 aliphatic heterocycles. The van der Waals surface area contributed by atoms with Crippen molar-refractivity contribution in [3.63, 3.8) is 0 Å². The van der Waals surface area contributed by atoms with E-state index in [-0.39, 0.29) is 18.0 Å². The van der Waals surface area contributed by atoms with E-state index in [9.17, 15) is 9.59 Å². The molecule has 0 atom stereocenters. The van der Waals surface area contributed by atoms with Crippen molar-refractivity contribution in [2.24, 2.45) is 5.73 Å². The molecule has 1 aromatic rings. The van der Waals surface area contributed by atoms with Gasteiger partial charge in [0.1, 0.15) is 0 Å². The number of amides is 2. The molecule has 0 fully saturated rings. The average Bonchev–Trinajstić information content (AvgIpc) is 2.36. The van der Waals surface area contributed by atoms with E-state index < -0.39 is 5.91 Å². The maximum absolute atomic E-state index is 11.4. The van der Waals surface area contributed by atoms with Crippen molar-refractivity contribution in [3.05, 3.63) is 23.8 Å². The fourth-order valence-electron chi connectivity index (χ4n) is 1.59. The number of carbonyl (C=O) groups is 2. The summed E-state index contributed by atoms with van der Waals surface area (Å²) < 4.78 is 0. The topological polar surface area (TPSA) is 101 Å². The van der Waals surface area contributed by atoms with Crippen LogP contribution < -0.4 is 21.7 Å². The molecule has 0 saturated heterocycles. The number of rotatable bonds is 5. The van der Waals surface area contributed by atoms with E-state index in [0.717, 1.165) is 5.69 Å². The Morgan fingerprint density at radius 2 is 2.06 bits per heavy atom. The van der Waals surface area contributed by atoms with Crippen LogP contribution in [0.15, 0.2) is 18.2 Å². The predicted molar refractivity (Wildman–Crippen MR) is 71.3 cm³/mol. The van der Waals surface area contributed by atoms with Crippen molar-refractivity contribution < 1.29 is 9.59 Å². The fourth-order valence-corrected chi connectivity index (χ4v) is 1.59. The summed E-state index contributed by atoms with van der Waals surface area (Å²) in [5.74, 6) is -0.681. The number of hydrogen-bond acceptors (Lipinski definition) is 4. The molecule has 0 spiro atoms. The summed E-state index contributed by atoms with van der Waals surface area (Å²) in [6.45, 7) is 2.77. The van der Waals surface area contributed by atoms with Gasteiger partial charge in [-0.25, -0.2) is 0 Å². The summed E-state index contributed by atoms with van der Waals surface area (Å²) in [7, 11) is 1.58. The highest BCUT2D eigenvalue weighted by Crippen LogP contribution is 2.20. The van der Waals surface area contributed by atoms with Crippen LogP contribution in [0.1, 0.15) is 17.3 Å². The maximum atomic E-state index is 11.4. The van der Waals surface area contributed by atoms with Crippen LogP contribution in [0.3, 0.4) is 0 Å². The quantitative estimate of drug-likeness (QED) is 0.637. The van der Waals surface area contributed by atoms with Crippen LogP contribution in [0.2, 0.25) is 0 Å². The number of nitrogens with two attached hydrogens (primary N) is 2. The molecule has 0 heterocycles. The summed E-state index contributed by atoms with van der Waals surface area (Å²) >= 11 is 0. The molecule has 0 unspecified atom stereocenters. The third kappa shape index (κ3) is 3.13. The Balaban J connectivity index is 3.03. The zero-order valence-corrected chi connectivity index (χ0v) is 10.6. The third-order valence-electron chi connectivity index (χ3n) is 2.66. The molecular weight excluding hydrogens is 232 g/mol. The van der Waals surface area contributed by atoms with Crippen LogP contribution in [-0.4, -0.2) is 32.0 Å². The van der Waals surface area contributed by atoms with Crippen molar-refractivity contribution in [3.8, 4) is 0 Å². The van der Waals surface area contributed by atoms with Gasteiger partial charge in [0.05, 0.1) is 12.1 Å². The van der Waals surface area contributed by atoms with Crippen molar-refractivity contribution in [2.45, 2.75) is 6.92 Å². The van der Waals surface area contributed by atoms with Crippen molar-refractivity contribution >= 4 is 23.2 Å². The van der Waals surface area contributed by atoms with Gasteiger partial charge in [-0.15, -0.1) is 0 Å². The van der Waals surface area contributed by atoms with Gasteiger partial charge in [0.25, 0.3) is 5.91 Å². The number of likely N-dealkylation sites (N-methyl/N-ethyl adjacent to an activating group) is 2. The summed E-state index contributed by atoms with van der Waals surface area (Å²) in [6, 6.07) is 4.97. The minimum absolute atomic E-state index is 0.102. The highest BCUT2D eigenvalue weighted by molar-refractivity contribution is 5.99. The molecule has 0 aliphatic carbocycles. The maximum Gasteiger partial charge on any atom is 0.250 e. The number of benzene rings is 1. The molecule has 0 bridgehead atoms. The fraction of sp³-hybridized carbons (Fsp3) is 0.333. The smallest absolute Gasteiger partial charge is 0.250 e. The van der Waals surface area contributed by atoms with Crippen LogP contribution in [0.4, 0.5) is 11.4 Å². The second kappa shape index (κ2) is 5.90. The lowest BCUT2D eigenvalue weighted by Gasteiger charge is -2.22. The van der Waals surface area contributed by atoms with Gasteiger partial charge in [-0.05, 0) is 25.1 Å². The highest BCUT2D eigenvalue weighted by Gasteiger charge is 2.12. The van der Waals surface area contributed by atoms with Crippen molar-refractivity contribution in [2.75, 3.05) is 30.8 Å². The number of nitrogens with zero attached hydrogens (tertiary/aromatic N) is 1. The first-order valence-corrected chi connectivity index (χ1v) is 5.64. The Morgan fingerprint density at radius 3 is 2.56 bits per heavy atom. The van der Waals surface area contributed by atoms with Gasteiger partial charge in [0.15, 0.2) is 0 Å². The van der Waals surface area contributed by atoms with Gasteiger partial charge >= 0.3 is 0 Å². The van der Waals surface area contributed by atoms with E-state index in [4.69, 9.17) is 11.5 Å². The molecule has 0 radical (unpaired) electrons. The van der Waals surface area contributed by atoms with Crippen LogP contribution in [-0.2, 0) is 4.79 Å². The molecule has 0 aromatic heterocycles. The minimum Gasteiger partial charge on any atom is -0.398 e. The molecular formula is C12H18N4O2. The number of primary amides is 1. The molecule has 1 aromatic carbocycles. The molecule has 2 amide bonds. The van der Waals surface area contributed by atoms with Crippen molar-refractivity contribution in [1.29, 1.82) is 0 Å². The number of hydrogen-bond donors (Lipinski definition) is 3. The van der Waals surface area contributed by atoms with Crippen LogP contribution in [0, 0.1) is 0 Å². The summed E-state index contributed by atoms with van der Waals surface area (Å²) in [6.07, 6.45) is 0. The second-order valence-electron chi connectivity index (χ2n) is 3.82. The van der Waals surface area contributed by atoms with Gasteiger partial charge in [-0.3, -0.25) is 9.59 Å². The summed E-state index contributed by atoms with van der Waals surface area (Å²) in [5.41, 5.74) is 12.2. The van der Waals surface area contributed by atoms with Gasteiger partial charge in [-0.2, -0.15) is 0 Å². The molecule has 0 aliphatic rings. The van der Waals surface area contributed by atoms with E-state index in [0.29, 0.717) is 12.2 Å². The predicted octanol–water partition coefficient (Wildman–Crippen LogP) is -0.0600. The van der Waals surface area contributed by atoms with Crippen LogP contribution >= 0.6 is 0 Å². The zero-order chi connectivity index (χ0) is 13.7. The monoisotopic (exact) mass is 250 g/mol. The number of anilines is 2. The Kier molecular flexibility index (Phi) is 4.53. The van der Waals surface area contributed by atoms with E-state index in [1.807, 2.05) is 11.8 Å². The van der Waals surface area contributed by atoms with Crippen LogP contribution in [0.5, 0.6) is 0 Å². The largest absolute Gasteiger partial charge is 0.398 e. The Labute approximate surface area is 106 Å². The van der Waals surface area contributed by atoms with Gasteiger partial charge in [-0.1, -0.05) is 0 Å². The SMILES string of the molecule is CCN(CC(=O)NC)c1ccc(N)c(C(N)=O)c1. The first-order valence-electron chi connectivity index (χ1n) is 5.64. The number of nitrogens with one attached hydrogen (secondary N) is 1. The normalized spacial score (nSPS) is 9.89. The summed E-state index contributed by atoms with van der Waals surface area (Å²) in [4.78, 5) is 24.4.